The van der Waals surface area contributed by atoms with E-state index in [1.165, 1.54) is 23.5 Å². The van der Waals surface area contributed by atoms with E-state index in [1.807, 2.05) is 42.5 Å². The number of hydrogen-bond donors (Lipinski definition) is 1. The van der Waals surface area contributed by atoms with Crippen molar-refractivity contribution in [1.29, 1.82) is 0 Å². The van der Waals surface area contributed by atoms with Crippen LogP contribution >= 0.6 is 0 Å². The summed E-state index contributed by atoms with van der Waals surface area (Å²) in [6.07, 6.45) is 6.55. The van der Waals surface area contributed by atoms with Crippen LogP contribution in [-0.2, 0) is 17.9 Å². The number of hydroxylamine groups is 2. The Morgan fingerprint density at radius 3 is 2.26 bits per heavy atom. The van der Waals surface area contributed by atoms with Crippen LogP contribution in [0.15, 0.2) is 54.6 Å². The zero-order valence-electron chi connectivity index (χ0n) is 16.6. The van der Waals surface area contributed by atoms with E-state index in [9.17, 15) is 4.79 Å². The van der Waals surface area contributed by atoms with Crippen LogP contribution in [0.2, 0.25) is 0 Å². The Labute approximate surface area is 163 Å². The molecule has 4 nitrogen and oxygen atoms in total. The summed E-state index contributed by atoms with van der Waals surface area (Å²) in [5, 5.41) is 4.40. The second-order valence-electron chi connectivity index (χ2n) is 6.80. The molecule has 0 saturated heterocycles. The summed E-state index contributed by atoms with van der Waals surface area (Å²) >= 11 is 0. The molecule has 0 aliphatic heterocycles. The number of nitrogens with zero attached hydrogens (tertiary/aromatic N) is 1. The summed E-state index contributed by atoms with van der Waals surface area (Å²) in [5.74, 6) is 0. The third-order valence-corrected chi connectivity index (χ3v) is 4.45. The summed E-state index contributed by atoms with van der Waals surface area (Å²) in [6, 6.07) is 17.8. The fraction of sp³-hybridized carbons (Fsp3) is 0.435. The van der Waals surface area contributed by atoms with E-state index in [0.29, 0.717) is 13.2 Å². The molecule has 0 aliphatic carbocycles. The van der Waals surface area contributed by atoms with E-state index >= 15 is 0 Å². The maximum absolute atomic E-state index is 12.7. The second-order valence-corrected chi connectivity index (χ2v) is 6.80. The predicted molar refractivity (Wildman–Crippen MR) is 112 cm³/mol. The Hall–Kier alpha value is -2.33. The van der Waals surface area contributed by atoms with E-state index in [-0.39, 0.29) is 6.03 Å². The first kappa shape index (κ1) is 21.0. The number of amides is 2. The number of urea groups is 1. The van der Waals surface area contributed by atoms with Crippen molar-refractivity contribution in [2.24, 2.45) is 0 Å². The lowest BCUT2D eigenvalue weighted by Gasteiger charge is -2.22. The molecule has 0 spiro atoms. The molecule has 2 rings (SSSR count). The lowest BCUT2D eigenvalue weighted by molar-refractivity contribution is -0.125. The van der Waals surface area contributed by atoms with Gasteiger partial charge in [-0.15, -0.1) is 0 Å². The van der Waals surface area contributed by atoms with Crippen LogP contribution in [0.5, 0.6) is 0 Å². The van der Waals surface area contributed by atoms with Gasteiger partial charge in [0.25, 0.3) is 0 Å². The Morgan fingerprint density at radius 2 is 1.59 bits per heavy atom. The molecule has 4 heteroatoms. The number of nitrogens with one attached hydrogen (secondary N) is 1. The van der Waals surface area contributed by atoms with Crippen LogP contribution in [0, 0.1) is 0 Å². The third-order valence-electron chi connectivity index (χ3n) is 4.45. The highest BCUT2D eigenvalue weighted by Gasteiger charge is 2.14. The van der Waals surface area contributed by atoms with E-state index in [4.69, 9.17) is 4.84 Å². The smallest absolute Gasteiger partial charge is 0.306 e. The van der Waals surface area contributed by atoms with Crippen molar-refractivity contribution >= 4 is 11.7 Å². The molecular formula is C23H32N2O2. The molecule has 0 aliphatic rings. The maximum atomic E-state index is 12.7. The Bertz CT molecular complexity index is 656. The highest BCUT2D eigenvalue weighted by atomic mass is 16.7. The van der Waals surface area contributed by atoms with Gasteiger partial charge >= 0.3 is 6.03 Å². The van der Waals surface area contributed by atoms with Crippen LogP contribution in [0.25, 0.3) is 0 Å². The number of benzene rings is 2. The highest BCUT2D eigenvalue weighted by molar-refractivity contribution is 5.88. The number of carbonyl (C=O) groups excluding carboxylic acids is 1. The molecule has 146 valence electrons. The average molecular weight is 369 g/mol. The molecule has 0 bridgehead atoms. The maximum Gasteiger partial charge on any atom is 0.345 e. The summed E-state index contributed by atoms with van der Waals surface area (Å²) < 4.78 is 0. The van der Waals surface area contributed by atoms with Gasteiger partial charge in [-0.3, -0.25) is 4.84 Å². The molecule has 2 aromatic carbocycles. The van der Waals surface area contributed by atoms with Gasteiger partial charge in [-0.05, 0) is 42.5 Å². The van der Waals surface area contributed by atoms with Crippen molar-refractivity contribution in [1.82, 2.24) is 5.06 Å². The molecule has 0 heterocycles. The number of anilines is 1. The summed E-state index contributed by atoms with van der Waals surface area (Å²) in [4.78, 5) is 18.5. The Morgan fingerprint density at radius 1 is 0.889 bits per heavy atom. The van der Waals surface area contributed by atoms with Gasteiger partial charge in [-0.1, -0.05) is 75.6 Å². The van der Waals surface area contributed by atoms with Crippen LogP contribution in [-0.4, -0.2) is 17.6 Å². The number of hydrogen-bond acceptors (Lipinski definition) is 2. The summed E-state index contributed by atoms with van der Waals surface area (Å²) in [6.45, 7) is 5.31. The molecule has 27 heavy (non-hydrogen) atoms. The van der Waals surface area contributed by atoms with Gasteiger partial charge in [0.15, 0.2) is 0 Å². The molecule has 1 N–H and O–H groups in total. The first-order valence-corrected chi connectivity index (χ1v) is 10.1. The van der Waals surface area contributed by atoms with E-state index in [2.05, 4.69) is 31.3 Å². The van der Waals surface area contributed by atoms with Crippen LogP contribution in [0.4, 0.5) is 10.5 Å². The van der Waals surface area contributed by atoms with Gasteiger partial charge in [0, 0.05) is 5.69 Å². The van der Waals surface area contributed by atoms with Crippen molar-refractivity contribution in [3.63, 3.8) is 0 Å². The first-order chi connectivity index (χ1) is 13.2. The highest BCUT2D eigenvalue weighted by Crippen LogP contribution is 2.14. The topological polar surface area (TPSA) is 41.6 Å². The second kappa shape index (κ2) is 12.1. The average Bonchev–Trinajstić information content (AvgIpc) is 2.70. The zero-order chi connectivity index (χ0) is 19.3. The van der Waals surface area contributed by atoms with Gasteiger partial charge in [0.1, 0.15) is 6.61 Å². The third kappa shape index (κ3) is 7.83. The lowest BCUT2D eigenvalue weighted by Crippen LogP contribution is -2.35. The Kier molecular flexibility index (Phi) is 9.42. The SMILES string of the molecule is CCCCCN(OCc1ccccc1)C(=O)Nc1ccc(CCCC)cc1. The molecule has 2 amide bonds. The molecule has 0 saturated carbocycles. The normalized spacial score (nSPS) is 10.6. The largest absolute Gasteiger partial charge is 0.345 e. The number of carbonyl (C=O) groups is 1. The van der Waals surface area contributed by atoms with Gasteiger partial charge in [-0.25, -0.2) is 9.86 Å². The predicted octanol–water partition coefficient (Wildman–Crippen LogP) is 6.19. The van der Waals surface area contributed by atoms with E-state index < -0.39 is 0 Å². The van der Waals surface area contributed by atoms with Crippen molar-refractivity contribution in [2.75, 3.05) is 11.9 Å². The molecular weight excluding hydrogens is 336 g/mol. The number of unbranched alkanes of at least 4 members (excludes halogenated alkanes) is 3. The minimum atomic E-state index is -0.219. The van der Waals surface area contributed by atoms with Gasteiger partial charge in [0.2, 0.25) is 0 Å². The lowest BCUT2D eigenvalue weighted by atomic mass is 10.1. The van der Waals surface area contributed by atoms with Crippen molar-refractivity contribution in [2.45, 2.75) is 59.0 Å². The van der Waals surface area contributed by atoms with Crippen LogP contribution < -0.4 is 5.32 Å². The Balaban J connectivity index is 1.93. The van der Waals surface area contributed by atoms with Gasteiger partial charge < -0.3 is 5.32 Å². The molecule has 0 atom stereocenters. The number of aryl methyl sites for hydroxylation is 1. The quantitative estimate of drug-likeness (QED) is 0.380. The van der Waals surface area contributed by atoms with Crippen LogP contribution in [0.1, 0.15) is 57.1 Å². The first-order valence-electron chi connectivity index (χ1n) is 10.1. The minimum absolute atomic E-state index is 0.219. The fourth-order valence-corrected chi connectivity index (χ4v) is 2.78. The molecule has 0 fully saturated rings. The monoisotopic (exact) mass is 368 g/mol. The van der Waals surface area contributed by atoms with E-state index in [0.717, 1.165) is 36.9 Å². The molecule has 0 aromatic heterocycles. The fourth-order valence-electron chi connectivity index (χ4n) is 2.78. The van der Waals surface area contributed by atoms with Crippen molar-refractivity contribution < 1.29 is 9.63 Å². The van der Waals surface area contributed by atoms with Gasteiger partial charge in [-0.2, -0.15) is 0 Å². The number of rotatable bonds is 11. The van der Waals surface area contributed by atoms with Crippen LogP contribution in [0.3, 0.4) is 0 Å². The van der Waals surface area contributed by atoms with Crippen molar-refractivity contribution in [3.8, 4) is 0 Å². The van der Waals surface area contributed by atoms with Gasteiger partial charge in [0.05, 0.1) is 6.54 Å². The summed E-state index contributed by atoms with van der Waals surface area (Å²) in [5.41, 5.74) is 3.14. The van der Waals surface area contributed by atoms with Crippen molar-refractivity contribution in [3.05, 3.63) is 65.7 Å². The molecule has 0 radical (unpaired) electrons. The standard InChI is InChI=1S/C23H32N2O2/c1-3-5-10-18-25(27-19-21-12-8-7-9-13-21)23(26)24-22-16-14-20(15-17-22)11-6-4-2/h7-9,12-17H,3-6,10-11,18-19H2,1-2H3,(H,24,26). The molecule has 2 aromatic rings. The summed E-state index contributed by atoms with van der Waals surface area (Å²) in [7, 11) is 0. The van der Waals surface area contributed by atoms with E-state index in [1.54, 1.807) is 0 Å². The molecule has 0 unspecified atom stereocenters. The minimum Gasteiger partial charge on any atom is -0.306 e. The zero-order valence-corrected chi connectivity index (χ0v) is 16.6.